The van der Waals surface area contributed by atoms with Crippen molar-refractivity contribution in [1.82, 2.24) is 25.0 Å². The van der Waals surface area contributed by atoms with Crippen LogP contribution in [0.3, 0.4) is 0 Å². The fourth-order valence-corrected chi connectivity index (χ4v) is 3.68. The molecule has 1 aliphatic heterocycles. The van der Waals surface area contributed by atoms with Gasteiger partial charge in [-0.25, -0.2) is 4.98 Å². The van der Waals surface area contributed by atoms with Gasteiger partial charge in [-0.2, -0.15) is 4.98 Å². The molecule has 8 heteroatoms. The highest BCUT2D eigenvalue weighted by Gasteiger charge is 2.33. The van der Waals surface area contributed by atoms with Gasteiger partial charge in [-0.15, -0.1) is 0 Å². The maximum absolute atomic E-state index is 9.26. The van der Waals surface area contributed by atoms with Gasteiger partial charge in [0.05, 0.1) is 30.3 Å². The van der Waals surface area contributed by atoms with Crippen LogP contribution in [0, 0.1) is 6.92 Å². The number of aliphatic hydroxyl groups excluding tert-OH is 1. The van der Waals surface area contributed by atoms with E-state index >= 15 is 0 Å². The Bertz CT molecular complexity index is 1110. The molecular formula is C21H21N5O3. The van der Waals surface area contributed by atoms with Gasteiger partial charge in [0, 0.05) is 18.5 Å². The summed E-state index contributed by atoms with van der Waals surface area (Å²) in [5.74, 6) is 2.46. The molecule has 3 aromatic heterocycles. The molecule has 4 heterocycles. The molecule has 29 heavy (non-hydrogen) atoms. The molecule has 0 saturated heterocycles. The Morgan fingerprint density at radius 1 is 1.17 bits per heavy atom. The van der Waals surface area contributed by atoms with Gasteiger partial charge < -0.3 is 19.0 Å². The molecule has 1 aromatic carbocycles. The SMILES string of the molecule is Cc1ccc(-c2noc(C3Cc4nc[nH]c4CN3Cc3ccc(CO)o3)n2)cc1. The number of nitrogens with zero attached hydrogens (tertiary/aromatic N) is 4. The van der Waals surface area contributed by atoms with Crippen LogP contribution >= 0.6 is 0 Å². The maximum Gasteiger partial charge on any atom is 0.244 e. The van der Waals surface area contributed by atoms with E-state index in [-0.39, 0.29) is 12.6 Å². The molecule has 0 saturated carbocycles. The number of H-pyrrole nitrogens is 1. The predicted octanol–water partition coefficient (Wildman–Crippen LogP) is 3.15. The third-order valence-corrected chi connectivity index (χ3v) is 5.26. The lowest BCUT2D eigenvalue weighted by molar-refractivity contribution is 0.117. The van der Waals surface area contributed by atoms with Crippen LogP contribution < -0.4 is 0 Å². The van der Waals surface area contributed by atoms with Crippen molar-refractivity contribution in [3.05, 3.63) is 77.1 Å². The van der Waals surface area contributed by atoms with Gasteiger partial charge in [0.25, 0.3) is 0 Å². The lowest BCUT2D eigenvalue weighted by Gasteiger charge is -2.31. The van der Waals surface area contributed by atoms with Crippen molar-refractivity contribution in [2.75, 3.05) is 0 Å². The number of hydrogen-bond acceptors (Lipinski definition) is 7. The zero-order valence-electron chi connectivity index (χ0n) is 16.0. The van der Waals surface area contributed by atoms with E-state index in [1.54, 1.807) is 12.4 Å². The molecular weight excluding hydrogens is 370 g/mol. The molecule has 1 atom stereocenters. The van der Waals surface area contributed by atoms with Crippen molar-refractivity contribution in [2.45, 2.75) is 39.1 Å². The van der Waals surface area contributed by atoms with Crippen molar-refractivity contribution >= 4 is 0 Å². The van der Waals surface area contributed by atoms with Gasteiger partial charge in [-0.3, -0.25) is 4.90 Å². The summed E-state index contributed by atoms with van der Waals surface area (Å²) in [4.78, 5) is 14.5. The van der Waals surface area contributed by atoms with E-state index in [9.17, 15) is 5.11 Å². The minimum absolute atomic E-state index is 0.111. The van der Waals surface area contributed by atoms with Crippen LogP contribution in [0.1, 0.15) is 40.4 Å². The van der Waals surface area contributed by atoms with E-state index in [1.807, 2.05) is 37.3 Å². The number of nitrogens with one attached hydrogen (secondary N) is 1. The average molecular weight is 391 g/mol. The third-order valence-electron chi connectivity index (χ3n) is 5.26. The molecule has 0 fully saturated rings. The van der Waals surface area contributed by atoms with Crippen LogP contribution in [0.5, 0.6) is 0 Å². The second kappa shape index (κ2) is 7.31. The van der Waals surface area contributed by atoms with Gasteiger partial charge in [0.1, 0.15) is 18.1 Å². The number of furan rings is 1. The van der Waals surface area contributed by atoms with E-state index in [1.165, 1.54) is 5.56 Å². The van der Waals surface area contributed by atoms with Crippen molar-refractivity contribution < 1.29 is 14.0 Å². The highest BCUT2D eigenvalue weighted by Crippen LogP contribution is 2.33. The lowest BCUT2D eigenvalue weighted by atomic mass is 10.0. The van der Waals surface area contributed by atoms with Gasteiger partial charge in [0.2, 0.25) is 11.7 Å². The van der Waals surface area contributed by atoms with E-state index < -0.39 is 0 Å². The molecule has 0 radical (unpaired) electrons. The van der Waals surface area contributed by atoms with Crippen LogP contribution in [-0.4, -0.2) is 30.1 Å². The standard InChI is InChI=1S/C21H21N5O3/c1-13-2-4-14(5-3-13)20-24-21(29-25-20)19-8-17-18(23-12-22-17)10-26(19)9-15-6-7-16(11-27)28-15/h2-7,12,19,27H,8-11H2,1H3,(H,22,23). The zero-order chi connectivity index (χ0) is 19.8. The van der Waals surface area contributed by atoms with E-state index in [4.69, 9.17) is 8.94 Å². The van der Waals surface area contributed by atoms with Gasteiger partial charge in [-0.1, -0.05) is 35.0 Å². The summed E-state index contributed by atoms with van der Waals surface area (Å²) in [6.07, 6.45) is 2.38. The second-order valence-electron chi connectivity index (χ2n) is 7.30. The number of hydrogen-bond donors (Lipinski definition) is 2. The first-order chi connectivity index (χ1) is 14.2. The number of benzene rings is 1. The van der Waals surface area contributed by atoms with Crippen molar-refractivity contribution in [3.8, 4) is 11.4 Å². The van der Waals surface area contributed by atoms with Crippen LogP contribution in [0.15, 0.2) is 51.7 Å². The first kappa shape index (κ1) is 17.8. The molecule has 5 rings (SSSR count). The fraction of sp³-hybridized carbons (Fsp3) is 0.286. The Morgan fingerprint density at radius 2 is 2.00 bits per heavy atom. The average Bonchev–Trinajstić information content (AvgIpc) is 3.48. The van der Waals surface area contributed by atoms with Crippen molar-refractivity contribution in [2.24, 2.45) is 0 Å². The van der Waals surface area contributed by atoms with E-state index in [0.717, 1.165) is 22.7 Å². The molecule has 4 aromatic rings. The quantitative estimate of drug-likeness (QED) is 0.538. The van der Waals surface area contributed by atoms with Gasteiger partial charge in [-0.05, 0) is 19.1 Å². The molecule has 0 bridgehead atoms. The normalized spacial score (nSPS) is 16.8. The second-order valence-corrected chi connectivity index (χ2v) is 7.30. The number of aromatic amines is 1. The Balaban J connectivity index is 1.45. The first-order valence-corrected chi connectivity index (χ1v) is 9.54. The highest BCUT2D eigenvalue weighted by molar-refractivity contribution is 5.54. The number of aromatic nitrogens is 4. The predicted molar refractivity (Wildman–Crippen MR) is 103 cm³/mol. The summed E-state index contributed by atoms with van der Waals surface area (Å²) in [6, 6.07) is 11.6. The number of aliphatic hydroxyl groups is 1. The summed E-state index contributed by atoms with van der Waals surface area (Å²) in [7, 11) is 0. The van der Waals surface area contributed by atoms with Crippen molar-refractivity contribution in [3.63, 3.8) is 0 Å². The first-order valence-electron chi connectivity index (χ1n) is 9.54. The number of rotatable bonds is 5. The Hall–Kier alpha value is -3.23. The van der Waals surface area contributed by atoms with Gasteiger partial charge in [0.15, 0.2) is 0 Å². The van der Waals surface area contributed by atoms with Gasteiger partial charge >= 0.3 is 0 Å². The van der Waals surface area contributed by atoms with E-state index in [2.05, 4.69) is 25.0 Å². The molecule has 0 spiro atoms. The van der Waals surface area contributed by atoms with Crippen LogP contribution in [-0.2, 0) is 26.1 Å². The minimum Gasteiger partial charge on any atom is -0.462 e. The molecule has 0 aliphatic carbocycles. The molecule has 1 unspecified atom stereocenters. The molecule has 148 valence electrons. The summed E-state index contributed by atoms with van der Waals surface area (Å²) in [5, 5.41) is 13.5. The smallest absolute Gasteiger partial charge is 0.244 e. The molecule has 0 amide bonds. The summed E-state index contributed by atoms with van der Waals surface area (Å²) in [6.45, 7) is 3.16. The number of fused-ring (bicyclic) bond motifs is 1. The van der Waals surface area contributed by atoms with Crippen molar-refractivity contribution in [1.29, 1.82) is 0 Å². The fourth-order valence-electron chi connectivity index (χ4n) is 3.68. The third kappa shape index (κ3) is 3.48. The Kier molecular flexibility index (Phi) is 4.49. The topological polar surface area (TPSA) is 104 Å². The van der Waals surface area contributed by atoms with Crippen LogP contribution in [0.4, 0.5) is 0 Å². The summed E-state index contributed by atoms with van der Waals surface area (Å²) >= 11 is 0. The number of aryl methyl sites for hydroxylation is 1. The summed E-state index contributed by atoms with van der Waals surface area (Å²) < 4.78 is 11.4. The molecule has 2 N–H and O–H groups in total. The zero-order valence-corrected chi connectivity index (χ0v) is 16.0. The van der Waals surface area contributed by atoms with Crippen LogP contribution in [0.25, 0.3) is 11.4 Å². The Labute approximate surface area is 167 Å². The Morgan fingerprint density at radius 3 is 2.79 bits per heavy atom. The summed E-state index contributed by atoms with van der Waals surface area (Å²) in [5.41, 5.74) is 4.19. The van der Waals surface area contributed by atoms with E-state index in [0.29, 0.717) is 37.0 Å². The maximum atomic E-state index is 9.26. The number of imidazole rings is 1. The minimum atomic E-state index is -0.113. The molecule has 8 nitrogen and oxygen atoms in total. The molecule has 1 aliphatic rings. The van der Waals surface area contributed by atoms with Crippen LogP contribution in [0.2, 0.25) is 0 Å². The highest BCUT2D eigenvalue weighted by atomic mass is 16.5. The lowest BCUT2D eigenvalue weighted by Crippen LogP contribution is -2.34. The largest absolute Gasteiger partial charge is 0.462 e. The monoisotopic (exact) mass is 391 g/mol.